The number of carbonyl (C=O) groups excluding carboxylic acids is 1. The molecule has 0 aromatic heterocycles. The van der Waals surface area contributed by atoms with Crippen LogP contribution in [0, 0.1) is 9.39 Å². The highest BCUT2D eigenvalue weighted by Gasteiger charge is 2.23. The molecular formula is C13H16FIN2O. The van der Waals surface area contributed by atoms with E-state index < -0.39 is 0 Å². The molecule has 1 saturated heterocycles. The van der Waals surface area contributed by atoms with Crippen LogP contribution in [0.3, 0.4) is 0 Å². The van der Waals surface area contributed by atoms with E-state index >= 15 is 0 Å². The standard InChI is InChI=1S/C13H16FIN2O/c1-9(13(18)17-6-2-3-7-17)16-12-5-4-10(14)8-11(12)15/h4-5,8-9,16H,2-3,6-7H2,1H3. The third-order valence-corrected chi connectivity index (χ3v) is 3.98. The van der Waals surface area contributed by atoms with Gasteiger partial charge in [0.05, 0.1) is 0 Å². The van der Waals surface area contributed by atoms with Crippen LogP contribution in [0.2, 0.25) is 0 Å². The zero-order valence-electron chi connectivity index (χ0n) is 10.2. The van der Waals surface area contributed by atoms with Crippen LogP contribution in [0.4, 0.5) is 10.1 Å². The van der Waals surface area contributed by atoms with E-state index in [1.165, 1.54) is 12.1 Å². The Hall–Kier alpha value is -0.850. The van der Waals surface area contributed by atoms with E-state index in [9.17, 15) is 9.18 Å². The largest absolute Gasteiger partial charge is 0.373 e. The number of halogens is 2. The second-order valence-corrected chi connectivity index (χ2v) is 5.68. The maximum atomic E-state index is 13.0. The Kier molecular flexibility index (Phi) is 4.42. The Balaban J connectivity index is 2.01. The summed E-state index contributed by atoms with van der Waals surface area (Å²) in [6.07, 6.45) is 2.18. The van der Waals surface area contributed by atoms with Crippen LogP contribution in [-0.2, 0) is 4.79 Å². The predicted molar refractivity (Wildman–Crippen MR) is 78.0 cm³/mol. The van der Waals surface area contributed by atoms with Crippen molar-refractivity contribution in [3.8, 4) is 0 Å². The highest BCUT2D eigenvalue weighted by Crippen LogP contribution is 2.20. The molecule has 1 aliphatic rings. The molecule has 0 saturated carbocycles. The van der Waals surface area contributed by atoms with E-state index in [1.54, 1.807) is 6.07 Å². The molecule has 0 radical (unpaired) electrons. The highest BCUT2D eigenvalue weighted by molar-refractivity contribution is 14.1. The number of rotatable bonds is 3. The molecule has 2 rings (SSSR count). The Morgan fingerprint density at radius 1 is 1.44 bits per heavy atom. The summed E-state index contributed by atoms with van der Waals surface area (Å²) in [5.41, 5.74) is 0.803. The normalized spacial score (nSPS) is 16.7. The van der Waals surface area contributed by atoms with Crippen LogP contribution in [0.15, 0.2) is 18.2 Å². The van der Waals surface area contributed by atoms with E-state index in [1.807, 2.05) is 11.8 Å². The minimum absolute atomic E-state index is 0.118. The smallest absolute Gasteiger partial charge is 0.244 e. The van der Waals surface area contributed by atoms with Crippen molar-refractivity contribution in [3.63, 3.8) is 0 Å². The molecule has 1 aliphatic heterocycles. The van der Waals surface area contributed by atoms with Gasteiger partial charge in [0, 0.05) is 22.3 Å². The van der Waals surface area contributed by atoms with E-state index in [2.05, 4.69) is 27.9 Å². The highest BCUT2D eigenvalue weighted by atomic mass is 127. The zero-order chi connectivity index (χ0) is 13.1. The second kappa shape index (κ2) is 5.86. The summed E-state index contributed by atoms with van der Waals surface area (Å²) in [5.74, 6) is -0.143. The molecule has 1 atom stereocenters. The Labute approximate surface area is 120 Å². The van der Waals surface area contributed by atoms with Crippen molar-refractivity contribution < 1.29 is 9.18 Å². The zero-order valence-corrected chi connectivity index (χ0v) is 12.4. The van der Waals surface area contributed by atoms with Gasteiger partial charge >= 0.3 is 0 Å². The number of carbonyl (C=O) groups is 1. The number of anilines is 1. The number of benzene rings is 1. The lowest BCUT2D eigenvalue weighted by Crippen LogP contribution is -2.39. The number of nitrogens with one attached hydrogen (secondary N) is 1. The Bertz CT molecular complexity index is 447. The monoisotopic (exact) mass is 362 g/mol. The first-order valence-corrected chi connectivity index (χ1v) is 7.16. The summed E-state index contributed by atoms with van der Waals surface area (Å²) in [6, 6.07) is 4.25. The van der Waals surface area contributed by atoms with Crippen LogP contribution in [0.5, 0.6) is 0 Å². The van der Waals surface area contributed by atoms with E-state index in [-0.39, 0.29) is 17.8 Å². The fourth-order valence-corrected chi connectivity index (χ4v) is 2.75. The molecule has 1 unspecified atom stereocenters. The molecule has 5 heteroatoms. The summed E-state index contributed by atoms with van der Waals surface area (Å²) in [4.78, 5) is 14.0. The van der Waals surface area contributed by atoms with Gasteiger partial charge in [-0.25, -0.2) is 4.39 Å². The van der Waals surface area contributed by atoms with E-state index in [0.29, 0.717) is 0 Å². The van der Waals surface area contributed by atoms with Crippen molar-refractivity contribution in [1.29, 1.82) is 0 Å². The van der Waals surface area contributed by atoms with Gasteiger partial charge in [0.15, 0.2) is 0 Å². The molecule has 1 aromatic carbocycles. The average molecular weight is 362 g/mol. The van der Waals surface area contributed by atoms with Gasteiger partial charge in [-0.15, -0.1) is 0 Å². The SMILES string of the molecule is CC(Nc1ccc(F)cc1I)C(=O)N1CCCC1. The maximum absolute atomic E-state index is 13.0. The summed E-state index contributed by atoms with van der Waals surface area (Å²) >= 11 is 2.06. The summed E-state index contributed by atoms with van der Waals surface area (Å²) in [5, 5.41) is 3.15. The molecule has 1 fully saturated rings. The fourth-order valence-electron chi connectivity index (χ4n) is 2.11. The average Bonchev–Trinajstić information content (AvgIpc) is 2.85. The van der Waals surface area contributed by atoms with Crippen molar-refractivity contribution in [3.05, 3.63) is 27.6 Å². The fraction of sp³-hybridized carbons (Fsp3) is 0.462. The molecule has 98 valence electrons. The van der Waals surface area contributed by atoms with Gasteiger partial charge in [-0.1, -0.05) is 0 Å². The molecule has 1 heterocycles. The molecule has 0 aliphatic carbocycles. The minimum atomic E-state index is -0.276. The van der Waals surface area contributed by atoms with Crippen molar-refractivity contribution in [1.82, 2.24) is 4.90 Å². The van der Waals surface area contributed by atoms with Crippen LogP contribution < -0.4 is 5.32 Å². The van der Waals surface area contributed by atoms with Gasteiger partial charge in [-0.2, -0.15) is 0 Å². The second-order valence-electron chi connectivity index (χ2n) is 4.52. The van der Waals surface area contributed by atoms with Gasteiger partial charge < -0.3 is 10.2 Å². The third kappa shape index (κ3) is 3.13. The van der Waals surface area contributed by atoms with Crippen LogP contribution in [-0.4, -0.2) is 29.9 Å². The number of hydrogen-bond donors (Lipinski definition) is 1. The molecular weight excluding hydrogens is 346 g/mol. The first-order valence-electron chi connectivity index (χ1n) is 6.08. The summed E-state index contributed by atoms with van der Waals surface area (Å²) in [7, 11) is 0. The third-order valence-electron chi connectivity index (χ3n) is 3.09. The van der Waals surface area contributed by atoms with Crippen molar-refractivity contribution >= 4 is 34.2 Å². The van der Waals surface area contributed by atoms with Gasteiger partial charge in [0.2, 0.25) is 5.91 Å². The number of nitrogens with zero attached hydrogens (tertiary/aromatic N) is 1. The number of amides is 1. The van der Waals surface area contributed by atoms with E-state index in [4.69, 9.17) is 0 Å². The van der Waals surface area contributed by atoms with Gasteiger partial charge in [-0.3, -0.25) is 4.79 Å². The van der Waals surface area contributed by atoms with Crippen molar-refractivity contribution in [2.45, 2.75) is 25.8 Å². The van der Waals surface area contributed by atoms with Gasteiger partial charge in [-0.05, 0) is 60.6 Å². The lowest BCUT2D eigenvalue weighted by Gasteiger charge is -2.22. The quantitative estimate of drug-likeness (QED) is 0.839. The minimum Gasteiger partial charge on any atom is -0.373 e. The Morgan fingerprint density at radius 3 is 2.72 bits per heavy atom. The lowest BCUT2D eigenvalue weighted by molar-refractivity contribution is -0.130. The molecule has 1 aromatic rings. The van der Waals surface area contributed by atoms with Crippen molar-refractivity contribution in [2.75, 3.05) is 18.4 Å². The molecule has 18 heavy (non-hydrogen) atoms. The van der Waals surface area contributed by atoms with Crippen LogP contribution in [0.25, 0.3) is 0 Å². The number of hydrogen-bond acceptors (Lipinski definition) is 2. The molecule has 0 bridgehead atoms. The van der Waals surface area contributed by atoms with Gasteiger partial charge in [0.1, 0.15) is 11.9 Å². The topological polar surface area (TPSA) is 32.3 Å². The maximum Gasteiger partial charge on any atom is 0.244 e. The van der Waals surface area contributed by atoms with E-state index in [0.717, 1.165) is 35.2 Å². The predicted octanol–water partition coefficient (Wildman–Crippen LogP) is 2.85. The van der Waals surface area contributed by atoms with Crippen molar-refractivity contribution in [2.24, 2.45) is 0 Å². The first kappa shape index (κ1) is 13.6. The molecule has 1 amide bonds. The molecule has 3 nitrogen and oxygen atoms in total. The van der Waals surface area contributed by atoms with Crippen LogP contribution in [0.1, 0.15) is 19.8 Å². The molecule has 0 spiro atoms. The Morgan fingerprint density at radius 2 is 2.11 bits per heavy atom. The van der Waals surface area contributed by atoms with Crippen LogP contribution >= 0.6 is 22.6 Å². The summed E-state index contributed by atoms with van der Waals surface area (Å²) in [6.45, 7) is 3.55. The lowest BCUT2D eigenvalue weighted by atomic mass is 10.2. The van der Waals surface area contributed by atoms with Gasteiger partial charge in [0.25, 0.3) is 0 Å². The summed E-state index contributed by atoms with van der Waals surface area (Å²) < 4.78 is 13.8. The molecule has 1 N–H and O–H groups in total. The number of likely N-dealkylation sites (tertiary alicyclic amines) is 1. The first-order chi connectivity index (χ1) is 8.58.